The Morgan fingerprint density at radius 2 is 2.20 bits per heavy atom. The standard InChI is InChI=1S/C15H17ClN2OS/c1-9-10(2)19-15(18-9)20-13-6-3-11(14(16)7-13)8-17-12-4-5-12/h3,6-7,12,17H,4-5,8H2,1-2H3. The van der Waals surface area contributed by atoms with Crippen LogP contribution >= 0.6 is 23.4 Å². The number of aromatic nitrogens is 1. The summed E-state index contributed by atoms with van der Waals surface area (Å²) in [7, 11) is 0. The summed E-state index contributed by atoms with van der Waals surface area (Å²) in [6.45, 7) is 4.71. The first-order valence-corrected chi connectivity index (χ1v) is 7.95. The molecule has 1 aromatic heterocycles. The summed E-state index contributed by atoms with van der Waals surface area (Å²) in [4.78, 5) is 5.41. The van der Waals surface area contributed by atoms with Crippen molar-refractivity contribution in [1.29, 1.82) is 0 Å². The maximum atomic E-state index is 6.33. The average molecular weight is 309 g/mol. The highest BCUT2D eigenvalue weighted by Gasteiger charge is 2.20. The third-order valence-electron chi connectivity index (χ3n) is 3.40. The summed E-state index contributed by atoms with van der Waals surface area (Å²) in [5, 5.41) is 4.93. The summed E-state index contributed by atoms with van der Waals surface area (Å²) >= 11 is 7.83. The van der Waals surface area contributed by atoms with Gasteiger partial charge in [0.2, 0.25) is 0 Å². The normalized spacial score (nSPS) is 14.8. The zero-order valence-corrected chi connectivity index (χ0v) is 13.1. The van der Waals surface area contributed by atoms with Crippen molar-refractivity contribution in [2.24, 2.45) is 0 Å². The molecule has 1 N–H and O–H groups in total. The van der Waals surface area contributed by atoms with Gasteiger partial charge in [0, 0.05) is 22.5 Å². The number of nitrogens with one attached hydrogen (secondary N) is 1. The van der Waals surface area contributed by atoms with Gasteiger partial charge < -0.3 is 9.73 Å². The topological polar surface area (TPSA) is 38.1 Å². The van der Waals surface area contributed by atoms with Crippen LogP contribution in [-0.2, 0) is 6.54 Å². The summed E-state index contributed by atoms with van der Waals surface area (Å²) in [5.41, 5.74) is 2.08. The Morgan fingerprint density at radius 3 is 2.80 bits per heavy atom. The molecule has 0 aliphatic heterocycles. The molecule has 1 fully saturated rings. The Morgan fingerprint density at radius 1 is 1.40 bits per heavy atom. The monoisotopic (exact) mass is 308 g/mol. The van der Waals surface area contributed by atoms with E-state index in [9.17, 15) is 0 Å². The number of benzene rings is 1. The summed E-state index contributed by atoms with van der Waals surface area (Å²) in [6, 6.07) is 6.81. The molecule has 20 heavy (non-hydrogen) atoms. The highest BCUT2D eigenvalue weighted by atomic mass is 35.5. The van der Waals surface area contributed by atoms with Gasteiger partial charge in [-0.25, -0.2) is 4.98 Å². The van der Waals surface area contributed by atoms with Crippen molar-refractivity contribution in [3.05, 3.63) is 40.2 Å². The van der Waals surface area contributed by atoms with Crippen molar-refractivity contribution in [2.45, 2.75) is 49.4 Å². The van der Waals surface area contributed by atoms with Crippen molar-refractivity contribution < 1.29 is 4.42 Å². The number of rotatable bonds is 5. The predicted molar refractivity (Wildman–Crippen MR) is 81.4 cm³/mol. The van der Waals surface area contributed by atoms with Crippen LogP contribution in [0, 0.1) is 13.8 Å². The number of nitrogens with zero attached hydrogens (tertiary/aromatic N) is 1. The lowest BCUT2D eigenvalue weighted by Crippen LogP contribution is -2.15. The molecule has 5 heteroatoms. The number of oxazole rings is 1. The van der Waals surface area contributed by atoms with Crippen molar-refractivity contribution in [1.82, 2.24) is 10.3 Å². The molecule has 1 heterocycles. The first kappa shape index (κ1) is 14.0. The van der Waals surface area contributed by atoms with E-state index in [2.05, 4.69) is 22.4 Å². The minimum absolute atomic E-state index is 0.667. The summed E-state index contributed by atoms with van der Waals surface area (Å²) in [5.74, 6) is 0.865. The van der Waals surface area contributed by atoms with Crippen LogP contribution < -0.4 is 5.32 Å². The van der Waals surface area contributed by atoms with Gasteiger partial charge in [-0.05, 0) is 56.1 Å². The lowest BCUT2D eigenvalue weighted by molar-refractivity contribution is 0.431. The van der Waals surface area contributed by atoms with Crippen LogP contribution in [-0.4, -0.2) is 11.0 Å². The third-order valence-corrected chi connectivity index (χ3v) is 4.59. The minimum Gasteiger partial charge on any atom is -0.436 e. The van der Waals surface area contributed by atoms with E-state index in [4.69, 9.17) is 16.0 Å². The molecule has 1 aliphatic carbocycles. The van der Waals surface area contributed by atoms with Gasteiger partial charge in [-0.1, -0.05) is 17.7 Å². The van der Waals surface area contributed by atoms with E-state index in [0.29, 0.717) is 11.3 Å². The average Bonchev–Trinajstić information content (AvgIpc) is 3.16. The smallest absolute Gasteiger partial charge is 0.260 e. The Bertz CT molecular complexity index is 603. The van der Waals surface area contributed by atoms with E-state index in [1.165, 1.54) is 24.6 Å². The van der Waals surface area contributed by atoms with Crippen molar-refractivity contribution in [2.75, 3.05) is 0 Å². The fourth-order valence-corrected chi connectivity index (χ4v) is 3.04. The van der Waals surface area contributed by atoms with E-state index in [0.717, 1.165) is 33.5 Å². The molecule has 2 aromatic rings. The van der Waals surface area contributed by atoms with Gasteiger partial charge in [0.15, 0.2) is 0 Å². The number of hydrogen-bond acceptors (Lipinski definition) is 4. The molecular formula is C15H17ClN2OS. The SMILES string of the molecule is Cc1nc(Sc2ccc(CNC3CC3)c(Cl)c2)oc1C. The van der Waals surface area contributed by atoms with E-state index in [1.807, 2.05) is 19.9 Å². The largest absolute Gasteiger partial charge is 0.436 e. The molecule has 0 saturated heterocycles. The first-order chi connectivity index (χ1) is 9.61. The van der Waals surface area contributed by atoms with Gasteiger partial charge in [-0.15, -0.1) is 0 Å². The Hall–Kier alpha value is -0.970. The van der Waals surface area contributed by atoms with E-state index in [1.54, 1.807) is 0 Å². The predicted octanol–water partition coefficient (Wildman–Crippen LogP) is 4.35. The fourth-order valence-electron chi connectivity index (χ4n) is 1.86. The maximum absolute atomic E-state index is 6.33. The van der Waals surface area contributed by atoms with Crippen LogP contribution in [0.1, 0.15) is 29.9 Å². The van der Waals surface area contributed by atoms with Crippen LogP contribution in [0.3, 0.4) is 0 Å². The maximum Gasteiger partial charge on any atom is 0.260 e. The first-order valence-electron chi connectivity index (χ1n) is 6.75. The second-order valence-electron chi connectivity index (χ2n) is 5.13. The lowest BCUT2D eigenvalue weighted by atomic mass is 10.2. The van der Waals surface area contributed by atoms with Crippen molar-refractivity contribution in [3.63, 3.8) is 0 Å². The third kappa shape index (κ3) is 3.37. The molecule has 0 amide bonds. The second kappa shape index (κ2) is 5.80. The molecule has 3 rings (SSSR count). The highest BCUT2D eigenvalue weighted by molar-refractivity contribution is 7.99. The van der Waals surface area contributed by atoms with Crippen LogP contribution in [0.5, 0.6) is 0 Å². The van der Waals surface area contributed by atoms with Crippen LogP contribution in [0.2, 0.25) is 5.02 Å². The van der Waals surface area contributed by atoms with Crippen LogP contribution in [0.4, 0.5) is 0 Å². The molecule has 1 saturated carbocycles. The van der Waals surface area contributed by atoms with Gasteiger partial charge in [0.1, 0.15) is 5.76 Å². The zero-order chi connectivity index (χ0) is 14.1. The Kier molecular flexibility index (Phi) is 4.06. The van der Waals surface area contributed by atoms with E-state index in [-0.39, 0.29) is 0 Å². The summed E-state index contributed by atoms with van der Waals surface area (Å²) < 4.78 is 5.57. The Labute approximate surface area is 128 Å². The number of aryl methyl sites for hydroxylation is 2. The molecule has 0 atom stereocenters. The van der Waals surface area contributed by atoms with Crippen molar-refractivity contribution >= 4 is 23.4 Å². The van der Waals surface area contributed by atoms with Crippen LogP contribution in [0.25, 0.3) is 0 Å². The molecule has 106 valence electrons. The number of hydrogen-bond donors (Lipinski definition) is 1. The van der Waals surface area contributed by atoms with E-state index < -0.39 is 0 Å². The second-order valence-corrected chi connectivity index (χ2v) is 6.56. The Balaban J connectivity index is 1.68. The van der Waals surface area contributed by atoms with Gasteiger partial charge in [0.05, 0.1) is 5.69 Å². The van der Waals surface area contributed by atoms with Gasteiger partial charge >= 0.3 is 0 Å². The summed E-state index contributed by atoms with van der Waals surface area (Å²) in [6.07, 6.45) is 2.57. The lowest BCUT2D eigenvalue weighted by Gasteiger charge is -2.07. The fraction of sp³-hybridized carbons (Fsp3) is 0.400. The molecule has 0 unspecified atom stereocenters. The molecule has 0 spiro atoms. The van der Waals surface area contributed by atoms with Crippen LogP contribution in [0.15, 0.2) is 32.7 Å². The van der Waals surface area contributed by atoms with Crippen molar-refractivity contribution in [3.8, 4) is 0 Å². The molecule has 1 aromatic carbocycles. The van der Waals surface area contributed by atoms with Gasteiger partial charge in [0.25, 0.3) is 5.22 Å². The molecule has 1 aliphatic rings. The van der Waals surface area contributed by atoms with E-state index >= 15 is 0 Å². The quantitative estimate of drug-likeness (QED) is 0.891. The molecule has 0 radical (unpaired) electrons. The molecule has 0 bridgehead atoms. The van der Waals surface area contributed by atoms with Gasteiger partial charge in [-0.3, -0.25) is 0 Å². The zero-order valence-electron chi connectivity index (χ0n) is 11.6. The highest BCUT2D eigenvalue weighted by Crippen LogP contribution is 2.31. The molecular weight excluding hydrogens is 292 g/mol. The van der Waals surface area contributed by atoms with Gasteiger partial charge in [-0.2, -0.15) is 0 Å². The minimum atomic E-state index is 0.667. The molecule has 3 nitrogen and oxygen atoms in total. The number of halogens is 1.